The fraction of sp³-hybridized carbons (Fsp3) is 0. The predicted molar refractivity (Wildman–Crippen MR) is 54.4 cm³/mol. The third-order valence-corrected chi connectivity index (χ3v) is 3.17. The van der Waals surface area contributed by atoms with Gasteiger partial charge in [-0.15, -0.1) is 0 Å². The SMILES string of the molecule is Fc1cc2ncc(Cl)c(Br)c2cc1F. The van der Waals surface area contributed by atoms with E-state index in [9.17, 15) is 8.78 Å². The third-order valence-electron chi connectivity index (χ3n) is 1.80. The molecule has 1 heterocycles. The van der Waals surface area contributed by atoms with Crippen LogP contribution in [0.4, 0.5) is 8.78 Å². The Morgan fingerprint density at radius 1 is 1.21 bits per heavy atom. The molecule has 0 aliphatic rings. The molecule has 72 valence electrons. The van der Waals surface area contributed by atoms with Crippen LogP contribution in [0.5, 0.6) is 0 Å². The molecule has 0 aliphatic heterocycles. The molecular formula is C9H3BrClF2N. The highest BCUT2D eigenvalue weighted by molar-refractivity contribution is 9.10. The molecule has 0 aliphatic carbocycles. The number of benzene rings is 1. The van der Waals surface area contributed by atoms with Crippen molar-refractivity contribution in [3.05, 3.63) is 39.5 Å². The molecule has 5 heteroatoms. The van der Waals surface area contributed by atoms with E-state index >= 15 is 0 Å². The highest BCUT2D eigenvalue weighted by Crippen LogP contribution is 2.30. The first kappa shape index (κ1) is 9.80. The van der Waals surface area contributed by atoms with Gasteiger partial charge in [-0.1, -0.05) is 11.6 Å². The van der Waals surface area contributed by atoms with Crippen LogP contribution in [0.3, 0.4) is 0 Å². The normalized spacial score (nSPS) is 10.9. The summed E-state index contributed by atoms with van der Waals surface area (Å²) in [7, 11) is 0. The molecule has 0 atom stereocenters. The van der Waals surface area contributed by atoms with Gasteiger partial charge in [0.15, 0.2) is 11.6 Å². The average molecular weight is 278 g/mol. The maximum atomic E-state index is 12.9. The maximum Gasteiger partial charge on any atom is 0.161 e. The van der Waals surface area contributed by atoms with Crippen LogP contribution in [0, 0.1) is 11.6 Å². The van der Waals surface area contributed by atoms with E-state index in [-0.39, 0.29) is 0 Å². The molecule has 1 nitrogen and oxygen atoms in total. The van der Waals surface area contributed by atoms with Crippen molar-refractivity contribution in [1.82, 2.24) is 4.98 Å². The highest BCUT2D eigenvalue weighted by atomic mass is 79.9. The minimum Gasteiger partial charge on any atom is -0.255 e. The van der Waals surface area contributed by atoms with Crippen molar-refractivity contribution < 1.29 is 8.78 Å². The topological polar surface area (TPSA) is 12.9 Å². The lowest BCUT2D eigenvalue weighted by molar-refractivity contribution is 0.510. The van der Waals surface area contributed by atoms with Crippen LogP contribution >= 0.6 is 27.5 Å². The van der Waals surface area contributed by atoms with Gasteiger partial charge in [-0.3, -0.25) is 4.98 Å². The molecule has 1 aromatic heterocycles. The van der Waals surface area contributed by atoms with Gasteiger partial charge in [-0.2, -0.15) is 0 Å². The lowest BCUT2D eigenvalue weighted by Gasteiger charge is -2.02. The van der Waals surface area contributed by atoms with Crippen LogP contribution in [0.1, 0.15) is 0 Å². The lowest BCUT2D eigenvalue weighted by atomic mass is 10.2. The summed E-state index contributed by atoms with van der Waals surface area (Å²) in [4.78, 5) is 3.87. The quantitative estimate of drug-likeness (QED) is 0.711. The smallest absolute Gasteiger partial charge is 0.161 e. The summed E-state index contributed by atoms with van der Waals surface area (Å²) in [5, 5.41) is 0.819. The van der Waals surface area contributed by atoms with Gasteiger partial charge in [-0.05, 0) is 22.0 Å². The van der Waals surface area contributed by atoms with Gasteiger partial charge in [0.05, 0.1) is 10.5 Å². The van der Waals surface area contributed by atoms with E-state index in [1.54, 1.807) is 0 Å². The molecule has 0 spiro atoms. The largest absolute Gasteiger partial charge is 0.255 e. The van der Waals surface area contributed by atoms with Crippen molar-refractivity contribution >= 4 is 38.4 Å². The van der Waals surface area contributed by atoms with E-state index in [1.807, 2.05) is 0 Å². The summed E-state index contributed by atoms with van der Waals surface area (Å²) in [5.74, 6) is -1.83. The Balaban J connectivity index is 2.89. The van der Waals surface area contributed by atoms with E-state index in [1.165, 1.54) is 6.20 Å². The standard InChI is InChI=1S/C9H3BrClF2N/c10-9-4-1-6(12)7(13)2-8(4)14-3-5(9)11/h1-3H. The summed E-state index contributed by atoms with van der Waals surface area (Å²) < 4.78 is 26.2. The lowest BCUT2D eigenvalue weighted by Crippen LogP contribution is -1.88. The Morgan fingerprint density at radius 3 is 2.57 bits per heavy atom. The molecule has 0 saturated carbocycles. The van der Waals surface area contributed by atoms with Gasteiger partial charge in [0.1, 0.15) is 0 Å². The Kier molecular flexibility index (Phi) is 2.41. The Hall–Kier alpha value is -0.740. The molecule has 2 aromatic rings. The van der Waals surface area contributed by atoms with Crippen molar-refractivity contribution in [1.29, 1.82) is 0 Å². The zero-order valence-corrected chi connectivity index (χ0v) is 9.03. The van der Waals surface area contributed by atoms with E-state index in [0.717, 1.165) is 12.1 Å². The number of hydrogen-bond acceptors (Lipinski definition) is 1. The van der Waals surface area contributed by atoms with Crippen molar-refractivity contribution in [2.75, 3.05) is 0 Å². The minimum atomic E-state index is -0.917. The van der Waals surface area contributed by atoms with E-state index in [4.69, 9.17) is 11.6 Å². The predicted octanol–water partition coefficient (Wildman–Crippen LogP) is 3.93. The molecule has 0 saturated heterocycles. The summed E-state index contributed by atoms with van der Waals surface area (Å²) in [6.07, 6.45) is 1.38. The number of halogens is 4. The fourth-order valence-corrected chi connectivity index (χ4v) is 1.70. The van der Waals surface area contributed by atoms with Crippen molar-refractivity contribution in [3.63, 3.8) is 0 Å². The Morgan fingerprint density at radius 2 is 1.86 bits per heavy atom. The number of hydrogen-bond donors (Lipinski definition) is 0. The zero-order valence-electron chi connectivity index (χ0n) is 6.69. The van der Waals surface area contributed by atoms with Crippen LogP contribution in [0.15, 0.2) is 22.8 Å². The summed E-state index contributed by atoms with van der Waals surface area (Å²) in [6, 6.07) is 2.10. The summed E-state index contributed by atoms with van der Waals surface area (Å²) >= 11 is 8.93. The third kappa shape index (κ3) is 1.48. The van der Waals surface area contributed by atoms with E-state index in [2.05, 4.69) is 20.9 Å². The van der Waals surface area contributed by atoms with Gasteiger partial charge in [0, 0.05) is 22.1 Å². The first-order valence-corrected chi connectivity index (χ1v) is 4.85. The van der Waals surface area contributed by atoms with Gasteiger partial charge >= 0.3 is 0 Å². The molecule has 0 N–H and O–H groups in total. The van der Waals surface area contributed by atoms with Gasteiger partial charge in [0.2, 0.25) is 0 Å². The number of aromatic nitrogens is 1. The first-order chi connectivity index (χ1) is 6.59. The van der Waals surface area contributed by atoms with Crippen LogP contribution < -0.4 is 0 Å². The maximum absolute atomic E-state index is 12.9. The van der Waals surface area contributed by atoms with Gasteiger partial charge < -0.3 is 0 Å². The highest BCUT2D eigenvalue weighted by Gasteiger charge is 2.09. The van der Waals surface area contributed by atoms with E-state index in [0.29, 0.717) is 20.4 Å². The van der Waals surface area contributed by atoms with Crippen LogP contribution in [-0.4, -0.2) is 4.98 Å². The molecule has 14 heavy (non-hydrogen) atoms. The molecule has 0 bridgehead atoms. The molecular weight excluding hydrogens is 275 g/mol. The number of pyridine rings is 1. The number of rotatable bonds is 0. The minimum absolute atomic E-state index is 0.361. The van der Waals surface area contributed by atoms with Crippen LogP contribution in [0.25, 0.3) is 10.9 Å². The molecule has 1 aromatic carbocycles. The van der Waals surface area contributed by atoms with Gasteiger partial charge in [-0.25, -0.2) is 8.78 Å². The van der Waals surface area contributed by atoms with Crippen molar-refractivity contribution in [2.45, 2.75) is 0 Å². The van der Waals surface area contributed by atoms with Crippen molar-refractivity contribution in [3.8, 4) is 0 Å². The monoisotopic (exact) mass is 277 g/mol. The fourth-order valence-electron chi connectivity index (χ4n) is 1.13. The second-order valence-corrected chi connectivity index (χ2v) is 3.90. The molecule has 2 rings (SSSR count). The molecule has 0 radical (unpaired) electrons. The molecule has 0 unspecified atom stereocenters. The van der Waals surface area contributed by atoms with Gasteiger partial charge in [0.25, 0.3) is 0 Å². The van der Waals surface area contributed by atoms with Crippen LogP contribution in [0.2, 0.25) is 5.02 Å². The number of nitrogens with zero attached hydrogens (tertiary/aromatic N) is 1. The first-order valence-electron chi connectivity index (χ1n) is 3.68. The van der Waals surface area contributed by atoms with Crippen LogP contribution in [-0.2, 0) is 0 Å². The Bertz CT molecular complexity index is 516. The second kappa shape index (κ2) is 3.44. The zero-order chi connectivity index (χ0) is 10.3. The Labute approximate surface area is 91.8 Å². The second-order valence-electron chi connectivity index (χ2n) is 2.70. The van der Waals surface area contributed by atoms with Crippen molar-refractivity contribution in [2.24, 2.45) is 0 Å². The number of fused-ring (bicyclic) bond motifs is 1. The molecule has 0 fully saturated rings. The van der Waals surface area contributed by atoms with E-state index < -0.39 is 11.6 Å². The molecule has 0 amide bonds. The average Bonchev–Trinajstić information content (AvgIpc) is 2.15. The summed E-state index contributed by atoms with van der Waals surface area (Å²) in [6.45, 7) is 0. The summed E-state index contributed by atoms with van der Waals surface area (Å²) in [5.41, 5.74) is 0.361.